The molecule has 3 aliphatic rings. The van der Waals surface area contributed by atoms with Crippen molar-refractivity contribution in [2.45, 2.75) is 50.1 Å². The van der Waals surface area contributed by atoms with Gasteiger partial charge in [-0.15, -0.1) is 0 Å². The lowest BCUT2D eigenvalue weighted by Crippen LogP contribution is -2.49. The number of imide groups is 1. The molecule has 4 rings (SSSR count). The van der Waals surface area contributed by atoms with E-state index >= 15 is 0 Å². The number of hydrogen-bond acceptors (Lipinski definition) is 5. The summed E-state index contributed by atoms with van der Waals surface area (Å²) in [6.45, 7) is 4.00. The summed E-state index contributed by atoms with van der Waals surface area (Å²) in [4.78, 5) is 30.6. The molecule has 6 heteroatoms. The lowest BCUT2D eigenvalue weighted by Gasteiger charge is -2.32. The van der Waals surface area contributed by atoms with Gasteiger partial charge in [0, 0.05) is 31.2 Å². The second-order valence-electron chi connectivity index (χ2n) is 7.01. The van der Waals surface area contributed by atoms with E-state index in [2.05, 4.69) is 20.5 Å². The minimum absolute atomic E-state index is 0.186. The minimum atomic E-state index is -0.665. The number of fused-ring (bicyclic) bond motifs is 1. The largest absolute Gasteiger partial charge is 0.352 e. The number of nitrogens with zero attached hydrogens (tertiary/aromatic N) is 2. The number of carbonyl (C=O) groups excluding carboxylic acids is 2. The lowest BCUT2D eigenvalue weighted by atomic mass is 9.76. The lowest BCUT2D eigenvalue weighted by molar-refractivity contribution is -0.137. The first kappa shape index (κ1) is 14.6. The van der Waals surface area contributed by atoms with E-state index in [1.807, 2.05) is 19.1 Å². The number of aromatic nitrogens is 1. The molecule has 23 heavy (non-hydrogen) atoms. The van der Waals surface area contributed by atoms with Crippen molar-refractivity contribution in [1.29, 1.82) is 0 Å². The summed E-state index contributed by atoms with van der Waals surface area (Å²) < 4.78 is 0. The van der Waals surface area contributed by atoms with Gasteiger partial charge in [-0.3, -0.25) is 14.9 Å². The Morgan fingerprint density at radius 1 is 1.30 bits per heavy atom. The van der Waals surface area contributed by atoms with Crippen LogP contribution in [0.2, 0.25) is 0 Å². The molecule has 0 radical (unpaired) electrons. The maximum Gasteiger partial charge on any atom is 0.236 e. The molecule has 1 aromatic heterocycles. The summed E-state index contributed by atoms with van der Waals surface area (Å²) >= 11 is 0. The van der Waals surface area contributed by atoms with E-state index < -0.39 is 5.41 Å². The van der Waals surface area contributed by atoms with Crippen LogP contribution in [0.15, 0.2) is 18.3 Å². The smallest absolute Gasteiger partial charge is 0.236 e. The van der Waals surface area contributed by atoms with Crippen LogP contribution < -0.4 is 15.5 Å². The van der Waals surface area contributed by atoms with Crippen LogP contribution in [0.25, 0.3) is 0 Å². The molecule has 2 N–H and O–H groups in total. The Labute approximate surface area is 135 Å². The molecule has 6 nitrogen and oxygen atoms in total. The molecule has 1 unspecified atom stereocenters. The van der Waals surface area contributed by atoms with Gasteiger partial charge in [0.2, 0.25) is 11.8 Å². The minimum Gasteiger partial charge on any atom is -0.352 e. The summed E-state index contributed by atoms with van der Waals surface area (Å²) in [6, 6.07) is 5.14. The van der Waals surface area contributed by atoms with Gasteiger partial charge in [0.25, 0.3) is 0 Å². The number of pyridine rings is 1. The predicted octanol–water partition coefficient (Wildman–Crippen LogP) is 0.717. The Bertz CT molecular complexity index is 644. The molecular formula is C17H22N4O2. The van der Waals surface area contributed by atoms with Crippen molar-refractivity contribution in [3.63, 3.8) is 0 Å². The van der Waals surface area contributed by atoms with Gasteiger partial charge in [-0.2, -0.15) is 0 Å². The topological polar surface area (TPSA) is 74.3 Å². The highest BCUT2D eigenvalue weighted by Crippen LogP contribution is 2.34. The first-order valence-corrected chi connectivity index (χ1v) is 8.39. The summed E-state index contributed by atoms with van der Waals surface area (Å²) in [6.07, 6.45) is 5.05. The zero-order valence-electron chi connectivity index (χ0n) is 13.3. The molecule has 0 saturated carbocycles. The monoisotopic (exact) mass is 314 g/mol. The summed E-state index contributed by atoms with van der Waals surface area (Å²) in [5, 5.41) is 5.99. The Kier molecular flexibility index (Phi) is 3.37. The van der Waals surface area contributed by atoms with Gasteiger partial charge in [0.15, 0.2) is 0 Å². The van der Waals surface area contributed by atoms with Crippen molar-refractivity contribution in [3.05, 3.63) is 23.9 Å². The Balaban J connectivity index is 1.56. The van der Waals surface area contributed by atoms with E-state index in [0.717, 1.165) is 37.3 Å². The van der Waals surface area contributed by atoms with E-state index in [-0.39, 0.29) is 11.8 Å². The van der Waals surface area contributed by atoms with Gasteiger partial charge in [-0.25, -0.2) is 4.98 Å². The molecule has 4 heterocycles. The molecule has 0 spiro atoms. The third-order valence-corrected chi connectivity index (χ3v) is 5.68. The van der Waals surface area contributed by atoms with E-state index in [1.54, 1.807) is 6.20 Å². The van der Waals surface area contributed by atoms with Crippen molar-refractivity contribution in [2.24, 2.45) is 0 Å². The van der Waals surface area contributed by atoms with Crippen molar-refractivity contribution in [1.82, 2.24) is 15.6 Å². The van der Waals surface area contributed by atoms with Crippen LogP contribution in [0.1, 0.15) is 38.2 Å². The number of anilines is 1. The molecule has 2 amide bonds. The van der Waals surface area contributed by atoms with Crippen LogP contribution in [-0.4, -0.2) is 42.0 Å². The van der Waals surface area contributed by atoms with Crippen LogP contribution >= 0.6 is 0 Å². The van der Waals surface area contributed by atoms with Gasteiger partial charge < -0.3 is 10.2 Å². The molecule has 1 aromatic rings. The first-order chi connectivity index (χ1) is 11.1. The van der Waals surface area contributed by atoms with Crippen LogP contribution in [0, 0.1) is 0 Å². The number of hydrogen-bond donors (Lipinski definition) is 2. The van der Waals surface area contributed by atoms with Gasteiger partial charge >= 0.3 is 0 Å². The quantitative estimate of drug-likeness (QED) is 0.787. The first-order valence-electron chi connectivity index (χ1n) is 8.39. The second-order valence-corrected chi connectivity index (χ2v) is 7.01. The Morgan fingerprint density at radius 2 is 2.17 bits per heavy atom. The average molecular weight is 314 g/mol. The molecule has 3 aliphatic heterocycles. The normalized spacial score (nSPS) is 33.7. The fourth-order valence-corrected chi connectivity index (χ4v) is 4.11. The highest BCUT2D eigenvalue weighted by molar-refractivity contribution is 6.03. The third-order valence-electron chi connectivity index (χ3n) is 5.68. The molecular weight excluding hydrogens is 292 g/mol. The SMILES string of the molecule is CC1(c2ccc(N3CC[C@H]4NCC[C@H]43)nc2)CCC(=O)NC1=O. The molecule has 0 bridgehead atoms. The van der Waals surface area contributed by atoms with Crippen LogP contribution in [0.4, 0.5) is 5.82 Å². The van der Waals surface area contributed by atoms with Crippen LogP contribution in [0.3, 0.4) is 0 Å². The van der Waals surface area contributed by atoms with Gasteiger partial charge in [-0.05, 0) is 44.4 Å². The molecule has 3 atom stereocenters. The molecule has 3 saturated heterocycles. The molecule has 3 fully saturated rings. The fraction of sp³-hybridized carbons (Fsp3) is 0.588. The summed E-state index contributed by atoms with van der Waals surface area (Å²) in [5.74, 6) is 0.583. The van der Waals surface area contributed by atoms with Gasteiger partial charge in [-0.1, -0.05) is 6.07 Å². The maximum absolute atomic E-state index is 12.2. The Morgan fingerprint density at radius 3 is 2.91 bits per heavy atom. The Hall–Kier alpha value is -1.95. The summed E-state index contributed by atoms with van der Waals surface area (Å²) in [7, 11) is 0. The van der Waals surface area contributed by atoms with E-state index in [4.69, 9.17) is 0 Å². The van der Waals surface area contributed by atoms with Crippen molar-refractivity contribution < 1.29 is 9.59 Å². The fourth-order valence-electron chi connectivity index (χ4n) is 4.11. The van der Waals surface area contributed by atoms with Gasteiger partial charge in [0.05, 0.1) is 5.41 Å². The molecule has 0 aromatic carbocycles. The van der Waals surface area contributed by atoms with Gasteiger partial charge in [0.1, 0.15) is 5.82 Å². The maximum atomic E-state index is 12.2. The van der Waals surface area contributed by atoms with E-state index in [9.17, 15) is 9.59 Å². The number of carbonyl (C=O) groups is 2. The number of rotatable bonds is 2. The highest BCUT2D eigenvalue weighted by Gasteiger charge is 2.41. The van der Waals surface area contributed by atoms with E-state index in [1.165, 1.54) is 0 Å². The van der Waals surface area contributed by atoms with Crippen LogP contribution in [0.5, 0.6) is 0 Å². The zero-order chi connectivity index (χ0) is 16.0. The van der Waals surface area contributed by atoms with Crippen LogP contribution in [-0.2, 0) is 15.0 Å². The number of nitrogens with one attached hydrogen (secondary N) is 2. The number of amides is 2. The number of piperidine rings is 1. The van der Waals surface area contributed by atoms with Crippen molar-refractivity contribution in [2.75, 3.05) is 18.0 Å². The second kappa shape index (κ2) is 5.30. The predicted molar refractivity (Wildman–Crippen MR) is 86.1 cm³/mol. The highest BCUT2D eigenvalue weighted by atomic mass is 16.2. The molecule has 0 aliphatic carbocycles. The van der Waals surface area contributed by atoms with E-state index in [0.29, 0.717) is 24.9 Å². The van der Waals surface area contributed by atoms with Crippen molar-refractivity contribution >= 4 is 17.6 Å². The summed E-state index contributed by atoms with van der Waals surface area (Å²) in [5.41, 5.74) is 0.216. The van der Waals surface area contributed by atoms with Crippen molar-refractivity contribution in [3.8, 4) is 0 Å². The average Bonchev–Trinajstić information content (AvgIpc) is 3.15. The third kappa shape index (κ3) is 2.32. The standard InChI is InChI=1S/C17H22N4O2/c1-17(7-4-15(22)20-16(17)23)11-2-3-14(19-10-11)21-9-6-12-13(21)5-8-18-12/h2-3,10,12-13,18H,4-9H2,1H3,(H,20,22,23)/t12-,13-,17?/m1/s1. The molecule has 122 valence electrons. The zero-order valence-corrected chi connectivity index (χ0v) is 13.3.